The van der Waals surface area contributed by atoms with E-state index >= 15 is 0 Å². The summed E-state index contributed by atoms with van der Waals surface area (Å²) in [6, 6.07) is 9.69. The van der Waals surface area contributed by atoms with E-state index < -0.39 is 24.5 Å². The van der Waals surface area contributed by atoms with Gasteiger partial charge in [0.1, 0.15) is 4.88 Å². The van der Waals surface area contributed by atoms with Crippen LogP contribution in [-0.4, -0.2) is 37.0 Å². The van der Waals surface area contributed by atoms with E-state index in [1.807, 2.05) is 0 Å². The van der Waals surface area contributed by atoms with Crippen LogP contribution in [0.3, 0.4) is 0 Å². The van der Waals surface area contributed by atoms with Gasteiger partial charge in [0.25, 0.3) is 11.8 Å². The highest BCUT2D eigenvalue weighted by molar-refractivity contribution is 7.18. The maximum Gasteiger partial charge on any atom is 0.348 e. The number of rotatable bonds is 8. The molecule has 10 heteroatoms. The topological polar surface area (TPSA) is 111 Å². The second-order valence-electron chi connectivity index (χ2n) is 6.48. The summed E-state index contributed by atoms with van der Waals surface area (Å²) < 4.78 is 10.1. The van der Waals surface area contributed by atoms with Crippen LogP contribution in [-0.2, 0) is 14.3 Å². The molecule has 0 radical (unpaired) electrons. The number of para-hydroxylation sites is 1. The molecule has 0 fully saturated rings. The Kier molecular flexibility index (Phi) is 7.74. The van der Waals surface area contributed by atoms with Crippen molar-refractivity contribution in [1.82, 2.24) is 0 Å². The Morgan fingerprint density at radius 2 is 1.78 bits per heavy atom. The molecule has 0 spiro atoms. The van der Waals surface area contributed by atoms with Crippen molar-refractivity contribution in [2.24, 2.45) is 0 Å². The molecule has 0 bridgehead atoms. The summed E-state index contributed by atoms with van der Waals surface area (Å²) in [6.07, 6.45) is 0. The van der Waals surface area contributed by atoms with Gasteiger partial charge >= 0.3 is 11.9 Å². The molecule has 0 atom stereocenters. The Hall–Kier alpha value is -3.50. The number of benzene rings is 1. The van der Waals surface area contributed by atoms with E-state index in [-0.39, 0.29) is 23.8 Å². The molecule has 0 saturated heterocycles. The lowest BCUT2D eigenvalue weighted by atomic mass is 10.1. The number of anilines is 2. The van der Waals surface area contributed by atoms with Gasteiger partial charge in [-0.15, -0.1) is 11.3 Å². The minimum absolute atomic E-state index is 0.125. The standard InChI is InChI=1S/C22H20N2O6S2/c1-3-29-22(28)19-13(2)10-18(32-19)24-17(25)11-30-21(27)15-6-4-5-7-16(15)23-20(26)14-8-9-31-12-14/h4-10,12H,3,11H2,1-2H3,(H,23,26)(H,24,25). The molecule has 3 rings (SSSR count). The molecule has 0 aliphatic rings. The minimum atomic E-state index is -0.754. The van der Waals surface area contributed by atoms with E-state index in [9.17, 15) is 19.2 Å². The summed E-state index contributed by atoms with van der Waals surface area (Å²) in [5, 5.41) is 9.18. The van der Waals surface area contributed by atoms with Crippen LogP contribution in [0.4, 0.5) is 10.7 Å². The van der Waals surface area contributed by atoms with E-state index in [1.54, 1.807) is 54.9 Å². The summed E-state index contributed by atoms with van der Waals surface area (Å²) in [6.45, 7) is 3.17. The predicted molar refractivity (Wildman–Crippen MR) is 123 cm³/mol. The average molecular weight is 473 g/mol. The van der Waals surface area contributed by atoms with Gasteiger partial charge in [0.2, 0.25) is 0 Å². The van der Waals surface area contributed by atoms with Crippen molar-refractivity contribution in [3.05, 3.63) is 68.7 Å². The van der Waals surface area contributed by atoms with Gasteiger partial charge in [-0.05, 0) is 49.1 Å². The summed E-state index contributed by atoms with van der Waals surface area (Å²) in [5.74, 6) is -2.12. The first-order valence-corrected chi connectivity index (χ1v) is 11.3. The van der Waals surface area contributed by atoms with E-state index in [4.69, 9.17) is 9.47 Å². The summed E-state index contributed by atoms with van der Waals surface area (Å²) >= 11 is 2.47. The molecular formula is C22H20N2O6S2. The molecule has 2 amide bonds. The maximum atomic E-state index is 12.5. The number of carbonyl (C=O) groups is 4. The zero-order valence-corrected chi connectivity index (χ0v) is 18.9. The van der Waals surface area contributed by atoms with Gasteiger partial charge in [0.05, 0.1) is 28.4 Å². The third kappa shape index (κ3) is 5.80. The van der Waals surface area contributed by atoms with Crippen LogP contribution in [0.1, 0.15) is 42.9 Å². The van der Waals surface area contributed by atoms with Gasteiger partial charge in [0.15, 0.2) is 6.61 Å². The van der Waals surface area contributed by atoms with Crippen molar-refractivity contribution in [3.63, 3.8) is 0 Å². The lowest BCUT2D eigenvalue weighted by molar-refractivity contribution is -0.119. The molecule has 0 aliphatic heterocycles. The Morgan fingerprint density at radius 1 is 1.00 bits per heavy atom. The van der Waals surface area contributed by atoms with E-state index in [2.05, 4.69) is 10.6 Å². The summed E-state index contributed by atoms with van der Waals surface area (Å²) in [4.78, 5) is 49.3. The number of esters is 2. The first kappa shape index (κ1) is 23.2. The monoisotopic (exact) mass is 472 g/mol. The highest BCUT2D eigenvalue weighted by Crippen LogP contribution is 2.27. The Balaban J connectivity index is 1.59. The number of amides is 2. The molecule has 2 heterocycles. The molecule has 0 aliphatic carbocycles. The second kappa shape index (κ2) is 10.7. The van der Waals surface area contributed by atoms with Crippen molar-refractivity contribution in [3.8, 4) is 0 Å². The largest absolute Gasteiger partial charge is 0.462 e. The minimum Gasteiger partial charge on any atom is -0.462 e. The fourth-order valence-electron chi connectivity index (χ4n) is 2.68. The zero-order valence-electron chi connectivity index (χ0n) is 17.3. The number of hydrogen-bond donors (Lipinski definition) is 2. The van der Waals surface area contributed by atoms with Crippen LogP contribution < -0.4 is 10.6 Å². The van der Waals surface area contributed by atoms with Gasteiger partial charge in [-0.25, -0.2) is 9.59 Å². The van der Waals surface area contributed by atoms with Crippen LogP contribution in [0.5, 0.6) is 0 Å². The predicted octanol–water partition coefficient (Wildman–Crippen LogP) is 4.34. The lowest BCUT2D eigenvalue weighted by Crippen LogP contribution is -2.21. The SMILES string of the molecule is CCOC(=O)c1sc(NC(=O)COC(=O)c2ccccc2NC(=O)c2ccsc2)cc1C. The van der Waals surface area contributed by atoms with Crippen LogP contribution in [0.15, 0.2) is 47.2 Å². The Labute approximate surface area is 192 Å². The average Bonchev–Trinajstić information content (AvgIpc) is 3.42. The molecule has 32 heavy (non-hydrogen) atoms. The molecule has 0 unspecified atom stereocenters. The third-order valence-corrected chi connectivity index (χ3v) is 5.97. The van der Waals surface area contributed by atoms with E-state index in [0.717, 1.165) is 11.3 Å². The van der Waals surface area contributed by atoms with Gasteiger partial charge in [-0.2, -0.15) is 11.3 Å². The van der Waals surface area contributed by atoms with Gasteiger partial charge < -0.3 is 20.1 Å². The fraction of sp³-hybridized carbons (Fsp3) is 0.182. The van der Waals surface area contributed by atoms with Gasteiger partial charge in [0, 0.05) is 5.38 Å². The fourth-order valence-corrected chi connectivity index (χ4v) is 4.30. The van der Waals surface area contributed by atoms with Crippen LogP contribution in [0.25, 0.3) is 0 Å². The van der Waals surface area contributed by atoms with Gasteiger partial charge in [-0.3, -0.25) is 9.59 Å². The molecule has 0 saturated carbocycles. The smallest absolute Gasteiger partial charge is 0.348 e. The van der Waals surface area contributed by atoms with E-state index in [1.165, 1.54) is 17.4 Å². The van der Waals surface area contributed by atoms with Crippen LogP contribution in [0, 0.1) is 6.92 Å². The summed E-state index contributed by atoms with van der Waals surface area (Å²) in [5.41, 5.74) is 1.56. The van der Waals surface area contributed by atoms with Gasteiger partial charge in [-0.1, -0.05) is 12.1 Å². The normalized spacial score (nSPS) is 10.3. The third-order valence-electron chi connectivity index (χ3n) is 4.15. The highest BCUT2D eigenvalue weighted by atomic mass is 32.1. The molecule has 2 N–H and O–H groups in total. The molecule has 1 aromatic carbocycles. The van der Waals surface area contributed by atoms with Crippen LogP contribution in [0.2, 0.25) is 0 Å². The highest BCUT2D eigenvalue weighted by Gasteiger charge is 2.19. The van der Waals surface area contributed by atoms with Crippen molar-refractivity contribution in [2.45, 2.75) is 13.8 Å². The number of carbonyl (C=O) groups excluding carboxylic acids is 4. The van der Waals surface area contributed by atoms with Crippen LogP contribution >= 0.6 is 22.7 Å². The maximum absolute atomic E-state index is 12.5. The Bertz CT molecular complexity index is 1140. The number of aryl methyl sites for hydroxylation is 1. The number of thiophene rings is 2. The van der Waals surface area contributed by atoms with Crippen molar-refractivity contribution in [2.75, 3.05) is 23.8 Å². The molecule has 2 aromatic heterocycles. The number of hydrogen-bond acceptors (Lipinski definition) is 8. The van der Waals surface area contributed by atoms with E-state index in [0.29, 0.717) is 21.0 Å². The first-order chi connectivity index (χ1) is 15.4. The number of nitrogens with one attached hydrogen (secondary N) is 2. The number of ether oxygens (including phenoxy) is 2. The quantitative estimate of drug-likeness (QED) is 0.472. The second-order valence-corrected chi connectivity index (χ2v) is 8.31. The molecule has 166 valence electrons. The van der Waals surface area contributed by atoms with Crippen molar-refractivity contribution >= 4 is 57.1 Å². The summed E-state index contributed by atoms with van der Waals surface area (Å²) in [7, 11) is 0. The van der Waals surface area contributed by atoms with Crippen molar-refractivity contribution in [1.29, 1.82) is 0 Å². The molecule has 3 aromatic rings. The Morgan fingerprint density at radius 3 is 2.50 bits per heavy atom. The first-order valence-electron chi connectivity index (χ1n) is 9.56. The molecular weight excluding hydrogens is 452 g/mol. The molecule has 8 nitrogen and oxygen atoms in total. The van der Waals surface area contributed by atoms with Crippen molar-refractivity contribution < 1.29 is 28.7 Å². The zero-order chi connectivity index (χ0) is 23.1. The lowest BCUT2D eigenvalue weighted by Gasteiger charge is -2.10.